The Hall–Kier alpha value is -3.16. The van der Waals surface area contributed by atoms with Crippen LogP contribution < -0.4 is 4.90 Å². The summed E-state index contributed by atoms with van der Waals surface area (Å²) in [6.07, 6.45) is 0.935. The number of benzene rings is 1. The SMILES string of the molecule is Cc1cc([N+](=O)[O-])cnc1N1CCN(C(=O)OCc2ccccc2)CC1. The number of aromatic nitrogens is 1. The predicted octanol–water partition coefficient (Wildman–Crippen LogP) is 2.76. The Bertz CT molecular complexity index is 789. The summed E-state index contributed by atoms with van der Waals surface area (Å²) in [7, 11) is 0. The lowest BCUT2D eigenvalue weighted by Gasteiger charge is -2.35. The van der Waals surface area contributed by atoms with Crippen molar-refractivity contribution in [3.05, 3.63) is 63.8 Å². The van der Waals surface area contributed by atoms with Crippen molar-refractivity contribution in [1.82, 2.24) is 9.88 Å². The largest absolute Gasteiger partial charge is 0.445 e. The average Bonchev–Trinajstić information content (AvgIpc) is 2.67. The van der Waals surface area contributed by atoms with E-state index in [0.29, 0.717) is 32.0 Å². The van der Waals surface area contributed by atoms with Gasteiger partial charge in [-0.3, -0.25) is 10.1 Å². The number of anilines is 1. The number of nitro groups is 1. The first kappa shape index (κ1) is 17.7. The molecule has 1 saturated heterocycles. The molecule has 1 aromatic heterocycles. The molecule has 136 valence electrons. The number of aryl methyl sites for hydroxylation is 1. The van der Waals surface area contributed by atoms with Crippen molar-refractivity contribution in [3.63, 3.8) is 0 Å². The van der Waals surface area contributed by atoms with E-state index in [2.05, 4.69) is 4.98 Å². The Balaban J connectivity index is 1.54. The number of amides is 1. The Labute approximate surface area is 151 Å². The zero-order chi connectivity index (χ0) is 18.5. The van der Waals surface area contributed by atoms with Gasteiger partial charge in [0.15, 0.2) is 0 Å². The molecule has 0 N–H and O–H groups in total. The fourth-order valence-corrected chi connectivity index (χ4v) is 2.90. The van der Waals surface area contributed by atoms with Crippen molar-refractivity contribution in [2.75, 3.05) is 31.1 Å². The molecular weight excluding hydrogens is 336 g/mol. The molecule has 0 bridgehead atoms. The summed E-state index contributed by atoms with van der Waals surface area (Å²) in [5.74, 6) is 0.716. The van der Waals surface area contributed by atoms with E-state index in [9.17, 15) is 14.9 Å². The summed E-state index contributed by atoms with van der Waals surface area (Å²) in [6.45, 7) is 4.30. The molecule has 8 heteroatoms. The number of pyridine rings is 1. The van der Waals surface area contributed by atoms with E-state index in [1.165, 1.54) is 12.3 Å². The van der Waals surface area contributed by atoms with Crippen LogP contribution in [0.15, 0.2) is 42.6 Å². The number of carbonyl (C=O) groups excluding carboxylic acids is 1. The van der Waals surface area contributed by atoms with Gasteiger partial charge in [-0.1, -0.05) is 30.3 Å². The molecule has 0 atom stereocenters. The van der Waals surface area contributed by atoms with Crippen LogP contribution in [0.4, 0.5) is 16.3 Å². The second kappa shape index (κ2) is 7.81. The van der Waals surface area contributed by atoms with Gasteiger partial charge in [-0.15, -0.1) is 0 Å². The summed E-state index contributed by atoms with van der Waals surface area (Å²) >= 11 is 0. The van der Waals surface area contributed by atoms with Crippen LogP contribution in [0.1, 0.15) is 11.1 Å². The van der Waals surface area contributed by atoms with Crippen LogP contribution in [0, 0.1) is 17.0 Å². The lowest BCUT2D eigenvalue weighted by molar-refractivity contribution is -0.385. The lowest BCUT2D eigenvalue weighted by atomic mass is 10.2. The normalized spacial score (nSPS) is 14.2. The van der Waals surface area contributed by atoms with Crippen molar-refractivity contribution in [1.29, 1.82) is 0 Å². The molecule has 0 spiro atoms. The maximum absolute atomic E-state index is 12.2. The minimum absolute atomic E-state index is 0.0191. The minimum atomic E-state index is -0.454. The highest BCUT2D eigenvalue weighted by Crippen LogP contribution is 2.22. The molecule has 2 aromatic rings. The molecule has 0 aliphatic carbocycles. The van der Waals surface area contributed by atoms with E-state index in [4.69, 9.17) is 4.74 Å². The Morgan fingerprint density at radius 1 is 1.23 bits per heavy atom. The van der Waals surface area contributed by atoms with Gasteiger partial charge in [0.05, 0.1) is 4.92 Å². The number of piperazine rings is 1. The Morgan fingerprint density at radius 3 is 2.54 bits per heavy atom. The molecule has 1 aliphatic heterocycles. The van der Waals surface area contributed by atoms with Crippen LogP contribution in [-0.4, -0.2) is 47.1 Å². The van der Waals surface area contributed by atoms with Gasteiger partial charge in [-0.05, 0) is 18.1 Å². The summed E-state index contributed by atoms with van der Waals surface area (Å²) in [5, 5.41) is 10.8. The van der Waals surface area contributed by atoms with Gasteiger partial charge in [0.2, 0.25) is 0 Å². The smallest absolute Gasteiger partial charge is 0.410 e. The van der Waals surface area contributed by atoms with Gasteiger partial charge < -0.3 is 14.5 Å². The number of ether oxygens (including phenoxy) is 1. The summed E-state index contributed by atoms with van der Waals surface area (Å²) in [6, 6.07) is 11.1. The number of hydrogen-bond donors (Lipinski definition) is 0. The number of nitrogens with zero attached hydrogens (tertiary/aromatic N) is 4. The number of hydrogen-bond acceptors (Lipinski definition) is 6. The van der Waals surface area contributed by atoms with Crippen molar-refractivity contribution < 1.29 is 14.5 Å². The van der Waals surface area contributed by atoms with Crippen molar-refractivity contribution in [2.45, 2.75) is 13.5 Å². The van der Waals surface area contributed by atoms with Gasteiger partial charge in [0, 0.05) is 32.2 Å². The molecule has 1 aromatic carbocycles. The summed E-state index contributed by atoms with van der Waals surface area (Å²) in [4.78, 5) is 30.5. The molecule has 0 unspecified atom stereocenters. The zero-order valence-electron chi connectivity index (χ0n) is 14.5. The van der Waals surface area contributed by atoms with Crippen LogP contribution in [0.3, 0.4) is 0 Å². The molecule has 3 rings (SSSR count). The van der Waals surface area contributed by atoms with E-state index in [1.807, 2.05) is 35.2 Å². The molecule has 1 aliphatic rings. The predicted molar refractivity (Wildman–Crippen MR) is 96.0 cm³/mol. The molecule has 1 amide bonds. The first-order valence-electron chi connectivity index (χ1n) is 8.36. The van der Waals surface area contributed by atoms with E-state index >= 15 is 0 Å². The lowest BCUT2D eigenvalue weighted by Crippen LogP contribution is -2.49. The highest BCUT2D eigenvalue weighted by molar-refractivity contribution is 5.68. The third kappa shape index (κ3) is 4.08. The Kier molecular flexibility index (Phi) is 5.31. The third-order valence-corrected chi connectivity index (χ3v) is 4.29. The third-order valence-electron chi connectivity index (χ3n) is 4.29. The molecular formula is C18H20N4O4. The highest BCUT2D eigenvalue weighted by Gasteiger charge is 2.24. The van der Waals surface area contributed by atoms with Crippen LogP contribution in [0.5, 0.6) is 0 Å². The van der Waals surface area contributed by atoms with E-state index in [-0.39, 0.29) is 18.4 Å². The zero-order valence-corrected chi connectivity index (χ0v) is 14.5. The number of rotatable bonds is 4. The molecule has 1 fully saturated rings. The molecule has 0 saturated carbocycles. The van der Waals surface area contributed by atoms with Gasteiger partial charge in [0.25, 0.3) is 5.69 Å². The molecule has 8 nitrogen and oxygen atoms in total. The van der Waals surface area contributed by atoms with Gasteiger partial charge in [-0.25, -0.2) is 9.78 Å². The topological polar surface area (TPSA) is 88.8 Å². The summed E-state index contributed by atoms with van der Waals surface area (Å²) < 4.78 is 5.35. The fourth-order valence-electron chi connectivity index (χ4n) is 2.90. The van der Waals surface area contributed by atoms with Gasteiger partial charge in [0.1, 0.15) is 18.6 Å². The Morgan fingerprint density at radius 2 is 1.92 bits per heavy atom. The van der Waals surface area contributed by atoms with Crippen molar-refractivity contribution >= 4 is 17.6 Å². The van der Waals surface area contributed by atoms with E-state index < -0.39 is 4.92 Å². The van der Waals surface area contributed by atoms with Crippen molar-refractivity contribution in [3.8, 4) is 0 Å². The van der Waals surface area contributed by atoms with Gasteiger partial charge >= 0.3 is 6.09 Å². The molecule has 0 radical (unpaired) electrons. The van der Waals surface area contributed by atoms with Gasteiger partial charge in [-0.2, -0.15) is 0 Å². The first-order valence-corrected chi connectivity index (χ1v) is 8.36. The van der Waals surface area contributed by atoms with Crippen LogP contribution in [0.25, 0.3) is 0 Å². The second-order valence-corrected chi connectivity index (χ2v) is 6.11. The maximum Gasteiger partial charge on any atom is 0.410 e. The average molecular weight is 356 g/mol. The first-order chi connectivity index (χ1) is 12.5. The second-order valence-electron chi connectivity index (χ2n) is 6.11. The maximum atomic E-state index is 12.2. The highest BCUT2D eigenvalue weighted by atomic mass is 16.6. The van der Waals surface area contributed by atoms with E-state index in [0.717, 1.165) is 11.1 Å². The minimum Gasteiger partial charge on any atom is -0.445 e. The summed E-state index contributed by atoms with van der Waals surface area (Å²) in [5.41, 5.74) is 1.68. The molecule has 26 heavy (non-hydrogen) atoms. The standard InChI is InChI=1S/C18H20N4O4/c1-14-11-16(22(24)25)12-19-17(14)20-7-9-21(10-8-20)18(23)26-13-15-5-3-2-4-6-15/h2-6,11-12H,7-10,13H2,1H3. The van der Waals surface area contributed by atoms with Crippen LogP contribution in [-0.2, 0) is 11.3 Å². The quantitative estimate of drug-likeness (QED) is 0.618. The molecule has 2 heterocycles. The van der Waals surface area contributed by atoms with E-state index in [1.54, 1.807) is 11.8 Å². The van der Waals surface area contributed by atoms with Crippen LogP contribution >= 0.6 is 0 Å². The van der Waals surface area contributed by atoms with Crippen LogP contribution in [0.2, 0.25) is 0 Å². The van der Waals surface area contributed by atoms with Crippen molar-refractivity contribution in [2.24, 2.45) is 0 Å². The fraction of sp³-hybridized carbons (Fsp3) is 0.333. The monoisotopic (exact) mass is 356 g/mol. The number of carbonyl (C=O) groups is 1.